The number of hydrogen-bond donors (Lipinski definition) is 1. The van der Waals surface area contributed by atoms with Gasteiger partial charge in [0.2, 0.25) is 0 Å². The number of nitrogens with one attached hydrogen (secondary N) is 1. The molecule has 2 aromatic heterocycles. The van der Waals surface area contributed by atoms with E-state index in [1.54, 1.807) is 7.11 Å². The maximum Gasteiger partial charge on any atom is 0.253 e. The summed E-state index contributed by atoms with van der Waals surface area (Å²) in [5.74, 6) is 1.50. The van der Waals surface area contributed by atoms with Crippen LogP contribution in [0.1, 0.15) is 67.6 Å². The Morgan fingerprint density at radius 2 is 1.73 bits per heavy atom. The molecule has 0 amide bonds. The predicted octanol–water partition coefficient (Wildman–Crippen LogP) is 4.17. The van der Waals surface area contributed by atoms with E-state index in [2.05, 4.69) is 55.4 Å². The van der Waals surface area contributed by atoms with Gasteiger partial charge >= 0.3 is 0 Å². The first kappa shape index (κ1) is 26.7. The SMILES string of the molecule is CCc1ccc2[nH]c(=O)c(C(c3nnnn3Cc3ccc(OC)cc3)N3CCN(C4CCCCC4)CC3)cc2c1. The molecule has 2 aliphatic rings. The van der Waals surface area contributed by atoms with Crippen molar-refractivity contribution in [2.75, 3.05) is 33.3 Å². The van der Waals surface area contributed by atoms with Gasteiger partial charge in [-0.05, 0) is 76.5 Å². The third-order valence-electron chi connectivity index (χ3n) is 8.74. The lowest BCUT2D eigenvalue weighted by atomic mass is 9.93. The second-order valence-electron chi connectivity index (χ2n) is 11.1. The average Bonchev–Trinajstić information content (AvgIpc) is 3.46. The van der Waals surface area contributed by atoms with E-state index in [0.717, 1.165) is 54.8 Å². The normalized spacial score (nSPS) is 18.2. The molecule has 9 heteroatoms. The number of pyridine rings is 1. The van der Waals surface area contributed by atoms with Crippen molar-refractivity contribution in [3.05, 3.63) is 81.4 Å². The van der Waals surface area contributed by atoms with Gasteiger partial charge in [-0.2, -0.15) is 0 Å². The molecule has 0 bridgehead atoms. The van der Waals surface area contributed by atoms with Gasteiger partial charge in [0.25, 0.3) is 5.56 Å². The number of benzene rings is 2. The average molecular weight is 542 g/mol. The molecular formula is C31H39N7O2. The fourth-order valence-corrected chi connectivity index (χ4v) is 6.43. The Balaban J connectivity index is 1.36. The topological polar surface area (TPSA) is 92.2 Å². The van der Waals surface area contributed by atoms with Crippen molar-refractivity contribution in [1.29, 1.82) is 0 Å². The minimum Gasteiger partial charge on any atom is -0.497 e. The molecule has 4 aromatic rings. The van der Waals surface area contributed by atoms with Crippen molar-refractivity contribution in [1.82, 2.24) is 35.0 Å². The van der Waals surface area contributed by atoms with Crippen molar-refractivity contribution in [2.45, 2.75) is 64.1 Å². The van der Waals surface area contributed by atoms with Crippen LogP contribution >= 0.6 is 0 Å². The van der Waals surface area contributed by atoms with E-state index in [1.165, 1.54) is 37.7 Å². The van der Waals surface area contributed by atoms with Gasteiger partial charge in [0.1, 0.15) is 11.8 Å². The van der Waals surface area contributed by atoms with E-state index in [0.29, 0.717) is 24.0 Å². The monoisotopic (exact) mass is 541 g/mol. The van der Waals surface area contributed by atoms with Gasteiger partial charge in [-0.1, -0.05) is 44.4 Å². The molecule has 1 N–H and O–H groups in total. The Kier molecular flexibility index (Phi) is 7.93. The highest BCUT2D eigenvalue weighted by Crippen LogP contribution is 2.30. The van der Waals surface area contributed by atoms with E-state index in [-0.39, 0.29) is 11.6 Å². The molecule has 1 unspecified atom stereocenters. The summed E-state index contributed by atoms with van der Waals surface area (Å²) in [4.78, 5) is 21.8. The molecule has 1 aliphatic heterocycles. The van der Waals surface area contributed by atoms with E-state index >= 15 is 0 Å². The summed E-state index contributed by atoms with van der Waals surface area (Å²) in [7, 11) is 1.66. The van der Waals surface area contributed by atoms with Crippen LogP contribution in [-0.4, -0.2) is 74.3 Å². The Morgan fingerprint density at radius 1 is 0.975 bits per heavy atom. The summed E-state index contributed by atoms with van der Waals surface area (Å²) >= 11 is 0. The molecule has 0 radical (unpaired) electrons. The van der Waals surface area contributed by atoms with Crippen LogP contribution in [0.15, 0.2) is 53.3 Å². The number of aromatic amines is 1. The van der Waals surface area contributed by atoms with Crippen molar-refractivity contribution < 1.29 is 4.74 Å². The minimum absolute atomic E-state index is 0.0875. The van der Waals surface area contributed by atoms with Crippen molar-refractivity contribution in [2.24, 2.45) is 0 Å². The van der Waals surface area contributed by atoms with Crippen LogP contribution in [0.25, 0.3) is 10.9 Å². The number of aryl methyl sites for hydroxylation is 1. The number of nitrogens with zero attached hydrogens (tertiary/aromatic N) is 6. The Labute approximate surface area is 235 Å². The first-order valence-electron chi connectivity index (χ1n) is 14.7. The fraction of sp³-hybridized carbons (Fsp3) is 0.484. The molecule has 1 saturated heterocycles. The van der Waals surface area contributed by atoms with E-state index in [1.807, 2.05) is 35.0 Å². The summed E-state index contributed by atoms with van der Waals surface area (Å²) < 4.78 is 7.16. The highest BCUT2D eigenvalue weighted by Gasteiger charge is 2.34. The number of fused-ring (bicyclic) bond motifs is 1. The van der Waals surface area contributed by atoms with Crippen LogP contribution in [0.3, 0.4) is 0 Å². The van der Waals surface area contributed by atoms with Gasteiger partial charge in [0, 0.05) is 43.3 Å². The van der Waals surface area contributed by atoms with Crippen LogP contribution in [0.4, 0.5) is 0 Å². The lowest BCUT2D eigenvalue weighted by Crippen LogP contribution is -2.52. The second-order valence-corrected chi connectivity index (χ2v) is 11.1. The minimum atomic E-state index is -0.347. The van der Waals surface area contributed by atoms with Crippen molar-refractivity contribution >= 4 is 10.9 Å². The highest BCUT2D eigenvalue weighted by atomic mass is 16.5. The predicted molar refractivity (Wildman–Crippen MR) is 156 cm³/mol. The van der Waals surface area contributed by atoms with Gasteiger partial charge in [-0.15, -0.1) is 5.10 Å². The highest BCUT2D eigenvalue weighted by molar-refractivity contribution is 5.80. The Bertz CT molecular complexity index is 1480. The quantitative estimate of drug-likeness (QED) is 0.358. The number of methoxy groups -OCH3 is 1. The van der Waals surface area contributed by atoms with Gasteiger partial charge in [-0.3, -0.25) is 14.6 Å². The summed E-state index contributed by atoms with van der Waals surface area (Å²) in [5, 5.41) is 14.0. The third-order valence-corrected chi connectivity index (χ3v) is 8.74. The molecule has 2 fully saturated rings. The number of hydrogen-bond acceptors (Lipinski definition) is 7. The molecule has 9 nitrogen and oxygen atoms in total. The van der Waals surface area contributed by atoms with Crippen molar-refractivity contribution in [3.8, 4) is 5.75 Å². The molecule has 3 heterocycles. The lowest BCUT2D eigenvalue weighted by molar-refractivity contribution is 0.0618. The largest absolute Gasteiger partial charge is 0.497 e. The van der Waals surface area contributed by atoms with Crippen LogP contribution in [0.5, 0.6) is 5.75 Å². The summed E-state index contributed by atoms with van der Waals surface area (Å²) in [6.07, 6.45) is 7.57. The number of aromatic nitrogens is 5. The first-order valence-corrected chi connectivity index (χ1v) is 14.7. The van der Waals surface area contributed by atoms with E-state index in [9.17, 15) is 4.79 Å². The summed E-state index contributed by atoms with van der Waals surface area (Å²) in [6.45, 7) is 6.37. The molecule has 1 aliphatic carbocycles. The maximum atomic E-state index is 13.6. The van der Waals surface area contributed by atoms with E-state index < -0.39 is 0 Å². The summed E-state index contributed by atoms with van der Waals surface area (Å²) in [6, 6.07) is 16.6. The molecule has 210 valence electrons. The van der Waals surface area contributed by atoms with Crippen LogP contribution in [-0.2, 0) is 13.0 Å². The third kappa shape index (κ3) is 5.53. The molecule has 6 rings (SSSR count). The van der Waals surface area contributed by atoms with Crippen LogP contribution in [0.2, 0.25) is 0 Å². The standard InChI is InChI=1S/C31H39N7O2/c1-3-22-11-14-28-24(19-22)20-27(31(39)32-28)29(37-17-15-36(16-18-37)25-7-5-4-6-8-25)30-33-34-35-38(30)21-23-9-12-26(40-2)13-10-23/h9-14,19-20,25,29H,3-8,15-18,21H2,1-2H3,(H,32,39). The van der Waals surface area contributed by atoms with Gasteiger partial charge < -0.3 is 9.72 Å². The molecule has 40 heavy (non-hydrogen) atoms. The molecular weight excluding hydrogens is 502 g/mol. The smallest absolute Gasteiger partial charge is 0.253 e. The van der Waals surface area contributed by atoms with Gasteiger partial charge in [0.15, 0.2) is 5.82 Å². The first-order chi connectivity index (χ1) is 19.6. The zero-order chi connectivity index (χ0) is 27.5. The Hall–Kier alpha value is -3.56. The number of rotatable bonds is 8. The van der Waals surface area contributed by atoms with Gasteiger partial charge in [0.05, 0.1) is 13.7 Å². The van der Waals surface area contributed by atoms with E-state index in [4.69, 9.17) is 4.74 Å². The molecule has 1 saturated carbocycles. The van der Waals surface area contributed by atoms with Crippen LogP contribution in [0, 0.1) is 0 Å². The number of tetrazole rings is 1. The zero-order valence-corrected chi connectivity index (χ0v) is 23.6. The number of H-pyrrole nitrogens is 1. The second kappa shape index (κ2) is 11.9. The van der Waals surface area contributed by atoms with Crippen molar-refractivity contribution in [3.63, 3.8) is 0 Å². The molecule has 1 atom stereocenters. The zero-order valence-electron chi connectivity index (χ0n) is 23.6. The maximum absolute atomic E-state index is 13.6. The Morgan fingerprint density at radius 3 is 2.45 bits per heavy atom. The number of ether oxygens (including phenoxy) is 1. The molecule has 0 spiro atoms. The van der Waals surface area contributed by atoms with Gasteiger partial charge in [-0.25, -0.2) is 4.68 Å². The fourth-order valence-electron chi connectivity index (χ4n) is 6.43. The molecule has 2 aromatic carbocycles. The van der Waals surface area contributed by atoms with Crippen LogP contribution < -0.4 is 10.3 Å². The lowest BCUT2D eigenvalue weighted by Gasteiger charge is -2.43. The number of piperazine rings is 1. The summed E-state index contributed by atoms with van der Waals surface area (Å²) in [5.41, 5.74) is 3.76.